The Balaban J connectivity index is 2.47. The predicted molar refractivity (Wildman–Crippen MR) is 78.1 cm³/mol. The molecule has 0 unspecified atom stereocenters. The van der Waals surface area contributed by atoms with E-state index in [1.807, 2.05) is 49.1 Å². The van der Waals surface area contributed by atoms with Crippen LogP contribution >= 0.6 is 0 Å². The maximum Gasteiger partial charge on any atom is 0.235 e. The lowest BCUT2D eigenvalue weighted by atomic mass is 10.3. The molecule has 0 aliphatic rings. The van der Waals surface area contributed by atoms with Crippen molar-refractivity contribution in [2.75, 3.05) is 17.2 Å². The number of nitrogens with two attached hydrogens (primary N) is 1. The van der Waals surface area contributed by atoms with Gasteiger partial charge in [-0.25, -0.2) is 0 Å². The van der Waals surface area contributed by atoms with Gasteiger partial charge in [0.2, 0.25) is 11.9 Å². The topological polar surface area (TPSA) is 67.9 Å². The molecule has 0 saturated heterocycles. The first-order valence-electron chi connectivity index (χ1n) is 6.12. The van der Waals surface area contributed by atoms with E-state index in [9.17, 15) is 0 Å². The van der Waals surface area contributed by atoms with Crippen molar-refractivity contribution in [3.8, 4) is 0 Å². The van der Waals surface area contributed by atoms with E-state index < -0.39 is 0 Å². The number of nitrogen functional groups attached to an aromatic ring is 1. The van der Waals surface area contributed by atoms with Gasteiger partial charge in [-0.1, -0.05) is 24.8 Å². The number of anilines is 3. The summed E-state index contributed by atoms with van der Waals surface area (Å²) in [5.74, 6) is 1.27. The molecule has 0 aliphatic heterocycles. The molecule has 5 heteroatoms. The first-order valence-corrected chi connectivity index (χ1v) is 6.12. The molecule has 0 bridgehead atoms. The van der Waals surface area contributed by atoms with Crippen LogP contribution in [0.15, 0.2) is 36.9 Å². The third-order valence-corrected chi connectivity index (χ3v) is 2.65. The number of hydrogen-bond donors (Lipinski definition) is 1. The van der Waals surface area contributed by atoms with E-state index in [4.69, 9.17) is 5.73 Å². The Bertz CT molecular complexity index is 580. The van der Waals surface area contributed by atoms with Crippen molar-refractivity contribution in [2.24, 2.45) is 0 Å². The van der Waals surface area contributed by atoms with Gasteiger partial charge >= 0.3 is 0 Å². The molecule has 5 nitrogen and oxygen atoms in total. The number of nitrogens with zero attached hydrogens (tertiary/aromatic N) is 4. The molecule has 0 spiro atoms. The van der Waals surface area contributed by atoms with Crippen LogP contribution in [0.25, 0.3) is 5.57 Å². The summed E-state index contributed by atoms with van der Waals surface area (Å²) in [6.45, 7) is 8.46. The van der Waals surface area contributed by atoms with Gasteiger partial charge in [-0.3, -0.25) is 0 Å². The fourth-order valence-electron chi connectivity index (χ4n) is 1.74. The molecule has 1 aromatic heterocycles. The van der Waals surface area contributed by atoms with Crippen LogP contribution in [0.4, 0.5) is 17.6 Å². The molecule has 1 heterocycles. The van der Waals surface area contributed by atoms with E-state index in [1.54, 1.807) is 0 Å². The fraction of sp³-hybridized carbons (Fsp3) is 0.214. The van der Waals surface area contributed by atoms with E-state index in [1.165, 1.54) is 0 Å². The van der Waals surface area contributed by atoms with E-state index in [2.05, 4.69) is 21.5 Å². The molecule has 98 valence electrons. The molecule has 0 amide bonds. The standard InChI is InChI=1S/C14H17N5/c1-4-19(11-8-6-5-7-9-11)14-17-12(10(2)3)16-13(15)18-14/h5-9H,2,4H2,1,3H3,(H2,15,16,17,18). The molecular weight excluding hydrogens is 238 g/mol. The second-order valence-corrected chi connectivity index (χ2v) is 4.18. The van der Waals surface area contributed by atoms with Crippen molar-refractivity contribution in [3.63, 3.8) is 0 Å². The lowest BCUT2D eigenvalue weighted by Gasteiger charge is -2.21. The van der Waals surface area contributed by atoms with Crippen LogP contribution in [0, 0.1) is 0 Å². The molecule has 0 fully saturated rings. The van der Waals surface area contributed by atoms with Crippen LogP contribution in [0.2, 0.25) is 0 Å². The molecular formula is C14H17N5. The number of allylic oxidation sites excluding steroid dienone is 1. The molecule has 2 aromatic rings. The van der Waals surface area contributed by atoms with Gasteiger partial charge in [-0.2, -0.15) is 15.0 Å². The van der Waals surface area contributed by atoms with Crippen molar-refractivity contribution in [3.05, 3.63) is 42.7 Å². The highest BCUT2D eigenvalue weighted by Gasteiger charge is 2.13. The van der Waals surface area contributed by atoms with E-state index in [0.29, 0.717) is 11.8 Å². The predicted octanol–water partition coefficient (Wildman–Crippen LogP) is 2.64. The minimum Gasteiger partial charge on any atom is -0.368 e. The Labute approximate surface area is 112 Å². The van der Waals surface area contributed by atoms with Gasteiger partial charge < -0.3 is 10.6 Å². The average molecular weight is 255 g/mol. The SMILES string of the molecule is C=C(C)c1nc(N)nc(N(CC)c2ccccc2)n1. The Morgan fingerprint density at radius 2 is 1.89 bits per heavy atom. The summed E-state index contributed by atoms with van der Waals surface area (Å²) in [5, 5.41) is 0. The molecule has 0 radical (unpaired) electrons. The summed E-state index contributed by atoms with van der Waals surface area (Å²) in [6.07, 6.45) is 0. The molecule has 2 N–H and O–H groups in total. The maximum absolute atomic E-state index is 5.74. The minimum absolute atomic E-state index is 0.206. The summed E-state index contributed by atoms with van der Waals surface area (Å²) < 4.78 is 0. The Hall–Kier alpha value is -2.43. The second kappa shape index (κ2) is 5.48. The Morgan fingerprint density at radius 3 is 2.47 bits per heavy atom. The first kappa shape index (κ1) is 13.0. The zero-order valence-electron chi connectivity index (χ0n) is 11.2. The lowest BCUT2D eigenvalue weighted by Crippen LogP contribution is -2.20. The molecule has 0 saturated carbocycles. The molecule has 19 heavy (non-hydrogen) atoms. The fourth-order valence-corrected chi connectivity index (χ4v) is 1.74. The van der Waals surface area contributed by atoms with Gasteiger partial charge in [0.25, 0.3) is 0 Å². The van der Waals surface area contributed by atoms with Crippen LogP contribution in [0.5, 0.6) is 0 Å². The van der Waals surface area contributed by atoms with Crippen molar-refractivity contribution in [2.45, 2.75) is 13.8 Å². The molecule has 2 rings (SSSR count). The highest BCUT2D eigenvalue weighted by molar-refractivity contribution is 5.61. The quantitative estimate of drug-likeness (QED) is 0.909. The van der Waals surface area contributed by atoms with Crippen LogP contribution in [0.1, 0.15) is 19.7 Å². The largest absolute Gasteiger partial charge is 0.368 e. The first-order chi connectivity index (χ1) is 9.11. The van der Waals surface area contributed by atoms with Gasteiger partial charge in [-0.15, -0.1) is 0 Å². The van der Waals surface area contributed by atoms with E-state index in [-0.39, 0.29) is 5.95 Å². The molecule has 1 aromatic carbocycles. The van der Waals surface area contributed by atoms with Crippen molar-refractivity contribution >= 4 is 23.2 Å². The van der Waals surface area contributed by atoms with Crippen molar-refractivity contribution in [1.82, 2.24) is 15.0 Å². The van der Waals surface area contributed by atoms with Gasteiger partial charge in [0.1, 0.15) is 0 Å². The van der Waals surface area contributed by atoms with Gasteiger partial charge in [0, 0.05) is 12.2 Å². The summed E-state index contributed by atoms with van der Waals surface area (Å²) in [5.41, 5.74) is 7.52. The molecule has 0 atom stereocenters. The van der Waals surface area contributed by atoms with Crippen LogP contribution < -0.4 is 10.6 Å². The molecule has 0 aliphatic carbocycles. The zero-order chi connectivity index (χ0) is 13.8. The highest BCUT2D eigenvalue weighted by atomic mass is 15.3. The van der Waals surface area contributed by atoms with Crippen LogP contribution in [-0.4, -0.2) is 21.5 Å². The number of hydrogen-bond acceptors (Lipinski definition) is 5. The third kappa shape index (κ3) is 2.88. The highest BCUT2D eigenvalue weighted by Crippen LogP contribution is 2.22. The lowest BCUT2D eigenvalue weighted by molar-refractivity contribution is 0.917. The van der Waals surface area contributed by atoms with E-state index in [0.717, 1.165) is 17.8 Å². The maximum atomic E-state index is 5.74. The summed E-state index contributed by atoms with van der Waals surface area (Å²) in [7, 11) is 0. The monoisotopic (exact) mass is 255 g/mol. The van der Waals surface area contributed by atoms with Gasteiger partial charge in [-0.05, 0) is 31.6 Å². The summed E-state index contributed by atoms with van der Waals surface area (Å²) in [4.78, 5) is 14.7. The van der Waals surface area contributed by atoms with Crippen LogP contribution in [-0.2, 0) is 0 Å². The minimum atomic E-state index is 0.206. The number of benzene rings is 1. The average Bonchev–Trinajstić information content (AvgIpc) is 2.40. The Morgan fingerprint density at radius 1 is 1.21 bits per heavy atom. The second-order valence-electron chi connectivity index (χ2n) is 4.18. The van der Waals surface area contributed by atoms with Gasteiger partial charge in [0.05, 0.1) is 0 Å². The van der Waals surface area contributed by atoms with Crippen molar-refractivity contribution in [1.29, 1.82) is 0 Å². The van der Waals surface area contributed by atoms with Crippen LogP contribution in [0.3, 0.4) is 0 Å². The zero-order valence-corrected chi connectivity index (χ0v) is 11.2. The van der Waals surface area contributed by atoms with Crippen molar-refractivity contribution < 1.29 is 0 Å². The normalized spacial score (nSPS) is 10.2. The number of rotatable bonds is 4. The summed E-state index contributed by atoms with van der Waals surface area (Å²) >= 11 is 0. The number of aromatic nitrogens is 3. The third-order valence-electron chi connectivity index (χ3n) is 2.65. The summed E-state index contributed by atoms with van der Waals surface area (Å²) in [6, 6.07) is 9.93. The van der Waals surface area contributed by atoms with Gasteiger partial charge in [0.15, 0.2) is 5.82 Å². The Kier molecular flexibility index (Phi) is 3.75. The smallest absolute Gasteiger partial charge is 0.235 e. The number of para-hydroxylation sites is 1. The van der Waals surface area contributed by atoms with E-state index >= 15 is 0 Å².